The number of carboxylic acid groups (broad SMARTS) is 1. The molecule has 0 heterocycles. The molecule has 2 fully saturated rings. The van der Waals surface area contributed by atoms with Crippen molar-refractivity contribution in [3.63, 3.8) is 0 Å². The van der Waals surface area contributed by atoms with Crippen molar-refractivity contribution in [2.24, 2.45) is 5.92 Å². The average molecular weight is 223 g/mol. The number of amides is 1. The van der Waals surface area contributed by atoms with Crippen LogP contribution in [0.3, 0.4) is 0 Å². The molecule has 1 amide bonds. The van der Waals surface area contributed by atoms with Crippen molar-refractivity contribution in [2.45, 2.75) is 44.1 Å². The molecule has 2 rings (SSSR count). The fourth-order valence-corrected chi connectivity index (χ4v) is 2.05. The molecule has 4 heteroatoms. The topological polar surface area (TPSA) is 66.4 Å². The van der Waals surface area contributed by atoms with E-state index < -0.39 is 11.5 Å². The van der Waals surface area contributed by atoms with Gasteiger partial charge in [0.2, 0.25) is 5.91 Å². The first-order chi connectivity index (χ1) is 7.60. The normalized spacial score (nSPS) is 22.8. The number of aliphatic carboxylic acids is 1. The molecule has 2 aliphatic carbocycles. The van der Waals surface area contributed by atoms with Gasteiger partial charge in [-0.15, -0.1) is 0 Å². The van der Waals surface area contributed by atoms with Gasteiger partial charge in [-0.2, -0.15) is 0 Å². The molecule has 0 aromatic rings. The molecule has 0 spiro atoms. The van der Waals surface area contributed by atoms with Gasteiger partial charge in [-0.25, -0.2) is 0 Å². The van der Waals surface area contributed by atoms with E-state index in [9.17, 15) is 9.59 Å². The molecule has 2 aliphatic rings. The van der Waals surface area contributed by atoms with Crippen LogP contribution in [0.5, 0.6) is 0 Å². The molecule has 0 aromatic heterocycles. The first-order valence-electron chi connectivity index (χ1n) is 5.82. The van der Waals surface area contributed by atoms with E-state index in [-0.39, 0.29) is 12.3 Å². The number of rotatable bonds is 5. The predicted molar refractivity (Wildman–Crippen MR) is 58.8 cm³/mol. The third kappa shape index (κ3) is 2.84. The van der Waals surface area contributed by atoms with Crippen LogP contribution >= 0.6 is 0 Å². The fraction of sp³-hybridized carbons (Fsp3) is 0.667. The maximum atomic E-state index is 11.6. The number of allylic oxidation sites excluding steroid dienone is 1. The molecule has 0 unspecified atom stereocenters. The summed E-state index contributed by atoms with van der Waals surface area (Å²) in [5.74, 6) is -0.415. The number of hydrogen-bond donors (Lipinski definition) is 2. The summed E-state index contributed by atoms with van der Waals surface area (Å²) in [6.07, 6.45) is 8.41. The number of hydrogen-bond acceptors (Lipinski definition) is 2. The van der Waals surface area contributed by atoms with Gasteiger partial charge in [0.1, 0.15) is 0 Å². The molecular formula is C12H17NO3. The summed E-state index contributed by atoms with van der Waals surface area (Å²) in [7, 11) is 0. The Morgan fingerprint density at radius 1 is 1.38 bits per heavy atom. The summed E-state index contributed by atoms with van der Waals surface area (Å²) < 4.78 is 0. The Kier molecular flexibility index (Phi) is 2.99. The molecule has 0 aliphatic heterocycles. The van der Waals surface area contributed by atoms with Crippen LogP contribution in [-0.4, -0.2) is 22.5 Å². The predicted octanol–water partition coefficient (Wildman–Crippen LogP) is 1.47. The van der Waals surface area contributed by atoms with Crippen molar-refractivity contribution in [2.75, 3.05) is 0 Å². The van der Waals surface area contributed by atoms with E-state index in [2.05, 4.69) is 5.32 Å². The summed E-state index contributed by atoms with van der Waals surface area (Å²) in [6, 6.07) is 0. The smallest absolute Gasteiger partial charge is 0.305 e. The van der Waals surface area contributed by atoms with E-state index in [0.717, 1.165) is 19.3 Å². The molecular weight excluding hydrogens is 206 g/mol. The summed E-state index contributed by atoms with van der Waals surface area (Å²) in [6.45, 7) is 0. The molecule has 0 aromatic carbocycles. The highest BCUT2D eigenvalue weighted by atomic mass is 16.4. The third-order valence-electron chi connectivity index (χ3n) is 3.33. The van der Waals surface area contributed by atoms with E-state index in [4.69, 9.17) is 5.11 Å². The molecule has 0 radical (unpaired) electrons. The highest BCUT2D eigenvalue weighted by molar-refractivity contribution is 5.88. The van der Waals surface area contributed by atoms with Gasteiger partial charge in [-0.1, -0.05) is 6.08 Å². The van der Waals surface area contributed by atoms with Crippen molar-refractivity contribution in [3.05, 3.63) is 12.2 Å². The van der Waals surface area contributed by atoms with Crippen LogP contribution in [0.15, 0.2) is 12.2 Å². The van der Waals surface area contributed by atoms with Crippen molar-refractivity contribution in [1.82, 2.24) is 5.32 Å². The van der Waals surface area contributed by atoms with E-state index in [1.807, 2.05) is 6.08 Å². The zero-order valence-electron chi connectivity index (χ0n) is 9.24. The van der Waals surface area contributed by atoms with Crippen molar-refractivity contribution >= 4 is 11.9 Å². The number of carbonyl (C=O) groups is 2. The second kappa shape index (κ2) is 4.28. The Balaban J connectivity index is 1.85. The molecule has 0 bridgehead atoms. The minimum absolute atomic E-state index is 0.0377. The monoisotopic (exact) mass is 223 g/mol. The molecule has 0 saturated heterocycles. The standard InChI is InChI=1S/C12H17NO3/c14-10(5-4-9-2-3-9)13-12(6-1-7-12)8-11(15)16/h4-5,9H,1-3,6-8H2,(H,13,14)(H,15,16)/b5-4+. The maximum Gasteiger partial charge on any atom is 0.305 e. The SMILES string of the molecule is O=C(O)CC1(NC(=O)/C=C/C2CC2)CCC1. The van der Waals surface area contributed by atoms with Crippen LogP contribution < -0.4 is 5.32 Å². The lowest BCUT2D eigenvalue weighted by Gasteiger charge is -2.41. The molecule has 2 N–H and O–H groups in total. The molecule has 16 heavy (non-hydrogen) atoms. The second-order valence-electron chi connectivity index (χ2n) is 4.89. The van der Waals surface area contributed by atoms with Crippen molar-refractivity contribution < 1.29 is 14.7 Å². The van der Waals surface area contributed by atoms with E-state index in [1.54, 1.807) is 6.08 Å². The number of carboxylic acids is 1. The van der Waals surface area contributed by atoms with E-state index in [1.165, 1.54) is 12.8 Å². The summed E-state index contributed by atoms with van der Waals surface area (Å²) >= 11 is 0. The van der Waals surface area contributed by atoms with Gasteiger partial charge in [0.25, 0.3) is 0 Å². The minimum Gasteiger partial charge on any atom is -0.481 e. The quantitative estimate of drug-likeness (QED) is 0.693. The number of nitrogens with one attached hydrogen (secondary N) is 1. The van der Waals surface area contributed by atoms with Crippen LogP contribution in [0, 0.1) is 5.92 Å². The van der Waals surface area contributed by atoms with E-state index >= 15 is 0 Å². The van der Waals surface area contributed by atoms with Crippen LogP contribution in [0.2, 0.25) is 0 Å². The summed E-state index contributed by atoms with van der Waals surface area (Å²) in [5, 5.41) is 11.6. The first kappa shape index (κ1) is 11.2. The first-order valence-corrected chi connectivity index (χ1v) is 5.82. The van der Waals surface area contributed by atoms with Crippen LogP contribution in [0.1, 0.15) is 38.5 Å². The molecule has 0 atom stereocenters. The van der Waals surface area contributed by atoms with Gasteiger partial charge in [0, 0.05) is 0 Å². The average Bonchev–Trinajstić information content (AvgIpc) is 2.93. The van der Waals surface area contributed by atoms with Crippen molar-refractivity contribution in [3.8, 4) is 0 Å². The zero-order valence-corrected chi connectivity index (χ0v) is 9.24. The molecule has 4 nitrogen and oxygen atoms in total. The maximum absolute atomic E-state index is 11.6. The summed E-state index contributed by atoms with van der Waals surface area (Å²) in [4.78, 5) is 22.3. The Morgan fingerprint density at radius 2 is 2.06 bits per heavy atom. The summed E-state index contributed by atoms with van der Waals surface area (Å²) in [5.41, 5.74) is -0.475. The van der Waals surface area contributed by atoms with Crippen LogP contribution in [0.4, 0.5) is 0 Å². The lowest BCUT2D eigenvalue weighted by Crippen LogP contribution is -2.54. The Hall–Kier alpha value is -1.32. The highest BCUT2D eigenvalue weighted by Gasteiger charge is 2.39. The Morgan fingerprint density at radius 3 is 2.50 bits per heavy atom. The van der Waals surface area contributed by atoms with Crippen LogP contribution in [0.25, 0.3) is 0 Å². The van der Waals surface area contributed by atoms with Gasteiger partial charge < -0.3 is 10.4 Å². The van der Waals surface area contributed by atoms with Gasteiger partial charge >= 0.3 is 5.97 Å². The minimum atomic E-state index is -0.842. The van der Waals surface area contributed by atoms with Gasteiger partial charge in [0.05, 0.1) is 12.0 Å². The van der Waals surface area contributed by atoms with Gasteiger partial charge in [-0.05, 0) is 44.1 Å². The fourth-order valence-electron chi connectivity index (χ4n) is 2.05. The Bertz CT molecular complexity index is 327. The second-order valence-corrected chi connectivity index (χ2v) is 4.89. The van der Waals surface area contributed by atoms with Gasteiger partial charge in [0.15, 0.2) is 0 Å². The third-order valence-corrected chi connectivity index (χ3v) is 3.33. The zero-order chi connectivity index (χ0) is 11.6. The van der Waals surface area contributed by atoms with Crippen LogP contribution in [-0.2, 0) is 9.59 Å². The lowest BCUT2D eigenvalue weighted by molar-refractivity contribution is -0.140. The van der Waals surface area contributed by atoms with Crippen molar-refractivity contribution in [1.29, 1.82) is 0 Å². The molecule has 88 valence electrons. The highest BCUT2D eigenvalue weighted by Crippen LogP contribution is 2.35. The molecule has 2 saturated carbocycles. The number of carbonyl (C=O) groups excluding carboxylic acids is 1. The van der Waals surface area contributed by atoms with E-state index in [0.29, 0.717) is 5.92 Å². The Labute approximate surface area is 94.7 Å². The van der Waals surface area contributed by atoms with Gasteiger partial charge in [-0.3, -0.25) is 9.59 Å². The lowest BCUT2D eigenvalue weighted by atomic mass is 9.74. The largest absolute Gasteiger partial charge is 0.481 e.